The second-order valence-corrected chi connectivity index (χ2v) is 10.00. The van der Waals surface area contributed by atoms with Crippen LogP contribution in [0.5, 0.6) is 0 Å². The second-order valence-electron chi connectivity index (χ2n) is 8.38. The summed E-state index contributed by atoms with van der Waals surface area (Å²) < 4.78 is 60.2. The highest BCUT2D eigenvalue weighted by Crippen LogP contribution is 2.27. The van der Waals surface area contributed by atoms with Crippen molar-refractivity contribution in [1.82, 2.24) is 4.98 Å². The third-order valence-electron chi connectivity index (χ3n) is 5.09. The number of aromatic carboxylic acids is 1. The number of benzene rings is 2. The average molecular weight is 554 g/mol. The standard InChI is InChI=1S/C23H25N3O4S.C2HF3O2/c1-15-10-16(2)21(17(3)11-15)31(29,30)25-19-12-20(23(27)28)22(24-13-19)26(4)14-18-8-6-5-7-9-18;3-2(4,5)1(6)7/h5-13,25H,14H2,1-4H3,(H,27,28);(H,6,7). The summed E-state index contributed by atoms with van der Waals surface area (Å²) in [5, 5.41) is 16.8. The van der Waals surface area contributed by atoms with E-state index in [1.165, 1.54) is 12.3 Å². The van der Waals surface area contributed by atoms with Crippen molar-refractivity contribution >= 4 is 33.5 Å². The van der Waals surface area contributed by atoms with E-state index < -0.39 is 28.1 Å². The van der Waals surface area contributed by atoms with E-state index in [0.717, 1.165) is 11.1 Å². The third-order valence-corrected chi connectivity index (χ3v) is 6.78. The molecule has 0 aliphatic carbocycles. The van der Waals surface area contributed by atoms with Crippen LogP contribution in [0, 0.1) is 20.8 Å². The minimum atomic E-state index is -5.08. The normalized spacial score (nSPS) is 11.2. The zero-order chi connectivity index (χ0) is 28.8. The Labute approximate surface area is 217 Å². The third kappa shape index (κ3) is 7.93. The Hall–Kier alpha value is -4.13. The Morgan fingerprint density at radius 1 is 1.00 bits per heavy atom. The quantitative estimate of drug-likeness (QED) is 0.380. The Kier molecular flexibility index (Phi) is 9.46. The number of carbonyl (C=O) groups is 2. The Bertz CT molecular complexity index is 1400. The molecule has 204 valence electrons. The Morgan fingerprint density at radius 2 is 1.53 bits per heavy atom. The van der Waals surface area contributed by atoms with Gasteiger partial charge in [-0.15, -0.1) is 0 Å². The highest BCUT2D eigenvalue weighted by molar-refractivity contribution is 7.92. The van der Waals surface area contributed by atoms with Crippen LogP contribution in [0.15, 0.2) is 59.6 Å². The van der Waals surface area contributed by atoms with Gasteiger partial charge in [0.05, 0.1) is 16.8 Å². The summed E-state index contributed by atoms with van der Waals surface area (Å²) in [4.78, 5) is 26.9. The highest BCUT2D eigenvalue weighted by atomic mass is 32.2. The van der Waals surface area contributed by atoms with Gasteiger partial charge in [0.15, 0.2) is 0 Å². The van der Waals surface area contributed by atoms with Crippen LogP contribution in [-0.4, -0.2) is 48.8 Å². The lowest BCUT2D eigenvalue weighted by Gasteiger charge is -2.21. The fourth-order valence-corrected chi connectivity index (χ4v) is 5.19. The summed E-state index contributed by atoms with van der Waals surface area (Å²) >= 11 is 0. The zero-order valence-electron chi connectivity index (χ0n) is 20.9. The predicted octanol–water partition coefficient (Wildman–Crippen LogP) is 4.78. The molecule has 13 heteroatoms. The number of hydrogen-bond acceptors (Lipinski definition) is 6. The molecular formula is C25H26F3N3O6S. The minimum Gasteiger partial charge on any atom is -0.478 e. The van der Waals surface area contributed by atoms with Crippen molar-refractivity contribution in [1.29, 1.82) is 0 Å². The first kappa shape index (κ1) is 30.1. The van der Waals surface area contributed by atoms with Gasteiger partial charge in [0.1, 0.15) is 11.4 Å². The lowest BCUT2D eigenvalue weighted by molar-refractivity contribution is -0.192. The number of pyridine rings is 1. The number of hydrogen-bond donors (Lipinski definition) is 3. The van der Waals surface area contributed by atoms with Crippen molar-refractivity contribution < 1.29 is 41.4 Å². The van der Waals surface area contributed by atoms with E-state index >= 15 is 0 Å². The first-order valence-electron chi connectivity index (χ1n) is 10.9. The van der Waals surface area contributed by atoms with Gasteiger partial charge >= 0.3 is 18.1 Å². The van der Waals surface area contributed by atoms with Crippen LogP contribution in [0.1, 0.15) is 32.6 Å². The molecule has 1 heterocycles. The molecule has 9 nitrogen and oxygen atoms in total. The number of aryl methyl sites for hydroxylation is 3. The lowest BCUT2D eigenvalue weighted by atomic mass is 10.1. The van der Waals surface area contributed by atoms with Crippen molar-refractivity contribution in [2.45, 2.75) is 38.4 Å². The van der Waals surface area contributed by atoms with Crippen molar-refractivity contribution in [2.24, 2.45) is 0 Å². The molecule has 0 amide bonds. The molecule has 0 saturated heterocycles. The molecule has 3 N–H and O–H groups in total. The monoisotopic (exact) mass is 553 g/mol. The molecule has 0 saturated carbocycles. The van der Waals surface area contributed by atoms with Crippen LogP contribution in [0.2, 0.25) is 0 Å². The number of carboxylic acids is 2. The zero-order valence-corrected chi connectivity index (χ0v) is 21.7. The van der Waals surface area contributed by atoms with E-state index in [1.807, 2.05) is 37.3 Å². The maximum absolute atomic E-state index is 13.0. The predicted molar refractivity (Wildman–Crippen MR) is 135 cm³/mol. The Balaban J connectivity index is 0.000000638. The number of alkyl halides is 3. The number of sulfonamides is 1. The molecule has 2 aromatic carbocycles. The molecule has 0 atom stereocenters. The number of aliphatic carboxylic acids is 1. The molecule has 0 aliphatic rings. The van der Waals surface area contributed by atoms with Gasteiger partial charge in [-0.05, 0) is 43.5 Å². The maximum Gasteiger partial charge on any atom is 0.490 e. The molecule has 38 heavy (non-hydrogen) atoms. The number of nitrogens with zero attached hydrogens (tertiary/aromatic N) is 2. The van der Waals surface area contributed by atoms with E-state index in [-0.39, 0.29) is 22.0 Å². The molecule has 1 aromatic heterocycles. The van der Waals surface area contributed by atoms with E-state index in [9.17, 15) is 31.5 Å². The second kappa shape index (κ2) is 11.9. The smallest absolute Gasteiger partial charge is 0.478 e. The van der Waals surface area contributed by atoms with E-state index in [2.05, 4.69) is 9.71 Å². The molecule has 0 fully saturated rings. The molecular weight excluding hydrogens is 527 g/mol. The fourth-order valence-electron chi connectivity index (χ4n) is 3.70. The Morgan fingerprint density at radius 3 is 2.00 bits per heavy atom. The number of rotatable bonds is 7. The van der Waals surface area contributed by atoms with Crippen LogP contribution >= 0.6 is 0 Å². The lowest BCUT2D eigenvalue weighted by Crippen LogP contribution is -2.22. The van der Waals surface area contributed by atoms with E-state index in [0.29, 0.717) is 17.7 Å². The number of aromatic nitrogens is 1. The van der Waals surface area contributed by atoms with Gasteiger partial charge in [-0.1, -0.05) is 48.0 Å². The first-order chi connectivity index (χ1) is 17.5. The molecule has 0 unspecified atom stereocenters. The van der Waals surface area contributed by atoms with Gasteiger partial charge in [-0.3, -0.25) is 4.72 Å². The van der Waals surface area contributed by atoms with Crippen LogP contribution in [-0.2, 0) is 21.4 Å². The van der Waals surface area contributed by atoms with Gasteiger partial charge in [0.25, 0.3) is 10.0 Å². The van der Waals surface area contributed by atoms with Crippen molar-refractivity contribution in [2.75, 3.05) is 16.7 Å². The molecule has 3 aromatic rings. The maximum atomic E-state index is 13.0. The summed E-state index contributed by atoms with van der Waals surface area (Å²) in [7, 11) is -2.17. The summed E-state index contributed by atoms with van der Waals surface area (Å²) in [6.07, 6.45) is -3.75. The van der Waals surface area contributed by atoms with E-state index in [4.69, 9.17) is 9.90 Å². The van der Waals surface area contributed by atoms with Gasteiger partial charge < -0.3 is 15.1 Å². The molecule has 0 radical (unpaired) electrons. The van der Waals surface area contributed by atoms with Gasteiger partial charge in [0, 0.05) is 13.6 Å². The van der Waals surface area contributed by atoms with Crippen LogP contribution in [0.25, 0.3) is 0 Å². The largest absolute Gasteiger partial charge is 0.490 e. The van der Waals surface area contributed by atoms with Crippen LogP contribution in [0.4, 0.5) is 24.7 Å². The summed E-state index contributed by atoms with van der Waals surface area (Å²) in [6, 6.07) is 14.5. The van der Waals surface area contributed by atoms with Crippen LogP contribution in [0.3, 0.4) is 0 Å². The summed E-state index contributed by atoms with van der Waals surface area (Å²) in [6.45, 7) is 5.83. The van der Waals surface area contributed by atoms with Crippen LogP contribution < -0.4 is 9.62 Å². The van der Waals surface area contributed by atoms with Gasteiger partial charge in [0.2, 0.25) is 0 Å². The summed E-state index contributed by atoms with van der Waals surface area (Å²) in [5.41, 5.74) is 3.21. The molecule has 0 aliphatic heterocycles. The SMILES string of the molecule is Cc1cc(C)c(S(=O)(=O)Nc2cnc(N(C)Cc3ccccc3)c(C(=O)O)c2)c(C)c1.O=C(O)C(F)(F)F. The van der Waals surface area contributed by atoms with Crippen molar-refractivity contribution in [3.63, 3.8) is 0 Å². The highest BCUT2D eigenvalue weighted by Gasteiger charge is 2.38. The molecule has 0 bridgehead atoms. The summed E-state index contributed by atoms with van der Waals surface area (Å²) in [5.74, 6) is -3.69. The van der Waals surface area contributed by atoms with Gasteiger partial charge in [-0.25, -0.2) is 23.0 Å². The van der Waals surface area contributed by atoms with Crippen molar-refractivity contribution in [3.8, 4) is 0 Å². The number of carboxylic acid groups (broad SMARTS) is 2. The van der Waals surface area contributed by atoms with Gasteiger partial charge in [-0.2, -0.15) is 13.2 Å². The molecule has 0 spiro atoms. The number of halogens is 3. The van der Waals surface area contributed by atoms with E-state index in [1.54, 1.807) is 37.9 Å². The van der Waals surface area contributed by atoms with Crippen molar-refractivity contribution in [3.05, 3.63) is 82.5 Å². The number of anilines is 2. The topological polar surface area (TPSA) is 137 Å². The minimum absolute atomic E-state index is 0.0871. The first-order valence-corrected chi connectivity index (χ1v) is 12.4. The number of nitrogens with one attached hydrogen (secondary N) is 1. The average Bonchev–Trinajstić information content (AvgIpc) is 2.78. The molecule has 3 rings (SSSR count). The fraction of sp³-hybridized carbons (Fsp3) is 0.240.